The Bertz CT molecular complexity index is 438. The molecule has 104 valence electrons. The zero-order valence-corrected chi connectivity index (χ0v) is 13.2. The Balaban J connectivity index is 1.75. The Morgan fingerprint density at radius 3 is 2.68 bits per heavy atom. The second-order valence-electron chi connectivity index (χ2n) is 5.91. The summed E-state index contributed by atoms with van der Waals surface area (Å²) in [5.74, 6) is 0.938. The summed E-state index contributed by atoms with van der Waals surface area (Å²) in [7, 11) is 0. The highest BCUT2D eigenvalue weighted by Crippen LogP contribution is 2.33. The van der Waals surface area contributed by atoms with Gasteiger partial charge in [-0.25, -0.2) is 0 Å². The van der Waals surface area contributed by atoms with Crippen LogP contribution in [0.15, 0.2) is 22.7 Å². The maximum absolute atomic E-state index is 3.64. The van der Waals surface area contributed by atoms with Crippen LogP contribution in [0.4, 0.5) is 5.69 Å². The fourth-order valence-electron chi connectivity index (χ4n) is 2.56. The third-order valence-corrected chi connectivity index (χ3v) is 4.59. The Hall–Kier alpha value is -0.540. The van der Waals surface area contributed by atoms with Crippen LogP contribution in [0.2, 0.25) is 0 Å². The first-order valence-electron chi connectivity index (χ1n) is 7.53. The fraction of sp³-hybridized carbons (Fsp3) is 0.625. The highest BCUT2D eigenvalue weighted by molar-refractivity contribution is 9.10. The van der Waals surface area contributed by atoms with Crippen LogP contribution in [0.5, 0.6) is 0 Å². The van der Waals surface area contributed by atoms with E-state index in [4.69, 9.17) is 0 Å². The molecule has 0 aliphatic heterocycles. The molecule has 3 rings (SSSR count). The van der Waals surface area contributed by atoms with Crippen LogP contribution >= 0.6 is 15.9 Å². The Labute approximate surface area is 124 Å². The molecule has 2 fully saturated rings. The van der Waals surface area contributed by atoms with Gasteiger partial charge < -0.3 is 10.2 Å². The first-order valence-corrected chi connectivity index (χ1v) is 8.32. The summed E-state index contributed by atoms with van der Waals surface area (Å²) >= 11 is 3.61. The molecule has 19 heavy (non-hydrogen) atoms. The minimum Gasteiger partial charge on any atom is -0.371 e. The Kier molecular flexibility index (Phi) is 4.13. The molecular formula is C16H23BrN2. The maximum Gasteiger partial charge on any atom is 0.0412 e. The lowest BCUT2D eigenvalue weighted by Gasteiger charge is -2.26. The summed E-state index contributed by atoms with van der Waals surface area (Å²) in [6.45, 7) is 5.60. The van der Waals surface area contributed by atoms with Crippen molar-refractivity contribution in [2.45, 2.75) is 45.2 Å². The van der Waals surface area contributed by atoms with Crippen molar-refractivity contribution in [1.29, 1.82) is 0 Å². The molecule has 2 aliphatic carbocycles. The van der Waals surface area contributed by atoms with Crippen molar-refractivity contribution >= 4 is 21.6 Å². The lowest BCUT2D eigenvalue weighted by molar-refractivity contribution is 0.678. The minimum atomic E-state index is 0.769. The Morgan fingerprint density at radius 1 is 1.26 bits per heavy atom. The summed E-state index contributed by atoms with van der Waals surface area (Å²) in [4.78, 5) is 2.55. The number of hydrogen-bond donors (Lipinski definition) is 1. The molecule has 0 heterocycles. The van der Waals surface area contributed by atoms with Crippen molar-refractivity contribution in [3.8, 4) is 0 Å². The molecule has 2 nitrogen and oxygen atoms in total. The zero-order valence-electron chi connectivity index (χ0n) is 11.7. The highest BCUT2D eigenvalue weighted by atomic mass is 79.9. The molecule has 0 aromatic heterocycles. The van der Waals surface area contributed by atoms with Gasteiger partial charge in [-0.15, -0.1) is 0 Å². The molecule has 3 heteroatoms. The molecule has 0 saturated heterocycles. The van der Waals surface area contributed by atoms with E-state index in [1.165, 1.54) is 48.0 Å². The summed E-state index contributed by atoms with van der Waals surface area (Å²) < 4.78 is 1.19. The first kappa shape index (κ1) is 13.4. The van der Waals surface area contributed by atoms with Gasteiger partial charge in [-0.05, 0) is 62.3 Å². The summed E-state index contributed by atoms with van der Waals surface area (Å²) in [5, 5.41) is 3.64. The van der Waals surface area contributed by atoms with E-state index in [1.54, 1.807) is 0 Å². The van der Waals surface area contributed by atoms with E-state index >= 15 is 0 Å². The van der Waals surface area contributed by atoms with Gasteiger partial charge in [0.25, 0.3) is 0 Å². The van der Waals surface area contributed by atoms with Crippen LogP contribution in [0, 0.1) is 5.92 Å². The molecule has 1 aromatic rings. The van der Waals surface area contributed by atoms with Gasteiger partial charge in [0.15, 0.2) is 0 Å². The van der Waals surface area contributed by atoms with E-state index in [2.05, 4.69) is 51.3 Å². The lowest BCUT2D eigenvalue weighted by atomic mass is 10.1. The van der Waals surface area contributed by atoms with Gasteiger partial charge in [0.1, 0.15) is 0 Å². The predicted octanol–water partition coefficient (Wildman–Crippen LogP) is 3.94. The number of anilines is 1. The summed E-state index contributed by atoms with van der Waals surface area (Å²) in [6, 6.07) is 7.50. The van der Waals surface area contributed by atoms with Crippen molar-refractivity contribution in [3.63, 3.8) is 0 Å². The van der Waals surface area contributed by atoms with Gasteiger partial charge in [-0.3, -0.25) is 0 Å². The van der Waals surface area contributed by atoms with E-state index in [1.807, 2.05) is 0 Å². The van der Waals surface area contributed by atoms with E-state index in [0.29, 0.717) is 0 Å². The molecular weight excluding hydrogens is 300 g/mol. The van der Waals surface area contributed by atoms with Crippen LogP contribution < -0.4 is 10.2 Å². The quantitative estimate of drug-likeness (QED) is 0.818. The average molecular weight is 323 g/mol. The molecule has 0 atom stereocenters. The normalized spacial score (nSPS) is 18.6. The largest absolute Gasteiger partial charge is 0.371 e. The topological polar surface area (TPSA) is 15.3 Å². The molecule has 2 aliphatic rings. The van der Waals surface area contributed by atoms with Gasteiger partial charge in [0, 0.05) is 35.8 Å². The molecule has 2 saturated carbocycles. The molecule has 0 amide bonds. The molecule has 1 aromatic carbocycles. The van der Waals surface area contributed by atoms with Gasteiger partial charge in [0.05, 0.1) is 0 Å². The van der Waals surface area contributed by atoms with Gasteiger partial charge in [0.2, 0.25) is 0 Å². The van der Waals surface area contributed by atoms with E-state index in [0.717, 1.165) is 25.0 Å². The second-order valence-corrected chi connectivity index (χ2v) is 6.83. The average Bonchev–Trinajstić information content (AvgIpc) is 3.28. The van der Waals surface area contributed by atoms with Crippen LogP contribution in [0.25, 0.3) is 0 Å². The monoisotopic (exact) mass is 322 g/mol. The second kappa shape index (κ2) is 5.84. The van der Waals surface area contributed by atoms with Crippen LogP contribution in [-0.2, 0) is 6.54 Å². The first-order chi connectivity index (χ1) is 9.26. The maximum atomic E-state index is 3.64. The van der Waals surface area contributed by atoms with Crippen LogP contribution in [0.1, 0.15) is 38.2 Å². The standard InChI is InChI=1S/C16H23BrN2/c1-2-19(11-12-3-4-12)16-8-5-14(17)9-13(16)10-18-15-6-7-15/h5,8-9,12,15,18H,2-4,6-7,10-11H2,1H3. The number of rotatable bonds is 7. The van der Waals surface area contributed by atoms with Gasteiger partial charge in [-0.1, -0.05) is 15.9 Å². The number of halogens is 1. The smallest absolute Gasteiger partial charge is 0.0412 e. The van der Waals surface area contributed by atoms with Crippen molar-refractivity contribution in [3.05, 3.63) is 28.2 Å². The number of hydrogen-bond acceptors (Lipinski definition) is 2. The van der Waals surface area contributed by atoms with Crippen molar-refractivity contribution in [1.82, 2.24) is 5.32 Å². The number of nitrogens with one attached hydrogen (secondary N) is 1. The molecule has 1 N–H and O–H groups in total. The minimum absolute atomic E-state index is 0.769. The molecule has 0 spiro atoms. The molecule has 0 radical (unpaired) electrons. The van der Waals surface area contributed by atoms with Crippen LogP contribution in [0.3, 0.4) is 0 Å². The van der Waals surface area contributed by atoms with E-state index in [9.17, 15) is 0 Å². The third-order valence-electron chi connectivity index (χ3n) is 4.10. The van der Waals surface area contributed by atoms with Crippen molar-refractivity contribution < 1.29 is 0 Å². The summed E-state index contributed by atoms with van der Waals surface area (Å²) in [5.41, 5.74) is 2.86. The predicted molar refractivity (Wildman–Crippen MR) is 84.6 cm³/mol. The summed E-state index contributed by atoms with van der Waals surface area (Å²) in [6.07, 6.45) is 5.54. The number of nitrogens with zero attached hydrogens (tertiary/aromatic N) is 1. The van der Waals surface area contributed by atoms with Gasteiger partial charge in [-0.2, -0.15) is 0 Å². The van der Waals surface area contributed by atoms with Gasteiger partial charge >= 0.3 is 0 Å². The van der Waals surface area contributed by atoms with Crippen molar-refractivity contribution in [2.75, 3.05) is 18.0 Å². The Morgan fingerprint density at radius 2 is 2.05 bits per heavy atom. The highest BCUT2D eigenvalue weighted by Gasteiger charge is 2.25. The SMILES string of the molecule is CCN(CC1CC1)c1ccc(Br)cc1CNC1CC1. The lowest BCUT2D eigenvalue weighted by Crippen LogP contribution is -2.27. The fourth-order valence-corrected chi connectivity index (χ4v) is 2.96. The molecule has 0 unspecified atom stereocenters. The van der Waals surface area contributed by atoms with E-state index < -0.39 is 0 Å². The molecule has 0 bridgehead atoms. The zero-order chi connectivity index (χ0) is 13.2. The van der Waals surface area contributed by atoms with Crippen LogP contribution in [-0.4, -0.2) is 19.1 Å². The number of benzene rings is 1. The van der Waals surface area contributed by atoms with E-state index in [-0.39, 0.29) is 0 Å². The third kappa shape index (κ3) is 3.73. The van der Waals surface area contributed by atoms with Crippen molar-refractivity contribution in [2.24, 2.45) is 5.92 Å².